The van der Waals surface area contributed by atoms with Crippen LogP contribution in [-0.2, 0) is 0 Å². The molecule has 0 saturated carbocycles. The van der Waals surface area contributed by atoms with Gasteiger partial charge < -0.3 is 10.0 Å². The van der Waals surface area contributed by atoms with E-state index in [2.05, 4.69) is 18.7 Å². The van der Waals surface area contributed by atoms with Gasteiger partial charge in [0.15, 0.2) is 0 Å². The minimum absolute atomic E-state index is 0.325. The van der Waals surface area contributed by atoms with Gasteiger partial charge in [-0.3, -0.25) is 0 Å². The lowest BCUT2D eigenvalue weighted by Crippen LogP contribution is -2.31. The molecular formula is C9H20ClNO. The molecule has 1 N–H and O–H groups in total. The monoisotopic (exact) mass is 193 g/mol. The van der Waals surface area contributed by atoms with E-state index in [4.69, 9.17) is 11.6 Å². The fraction of sp³-hybridized carbons (Fsp3) is 1.00. The summed E-state index contributed by atoms with van der Waals surface area (Å²) in [6.07, 6.45) is 0.787. The molecule has 0 saturated heterocycles. The van der Waals surface area contributed by atoms with Gasteiger partial charge >= 0.3 is 0 Å². The minimum Gasteiger partial charge on any atom is -0.391 e. The van der Waals surface area contributed by atoms with E-state index >= 15 is 0 Å². The SMILES string of the molecule is CC(C)CCN(C)CC(O)CCl. The van der Waals surface area contributed by atoms with E-state index in [1.54, 1.807) is 0 Å². The van der Waals surface area contributed by atoms with Crippen molar-refractivity contribution in [3.05, 3.63) is 0 Å². The topological polar surface area (TPSA) is 23.5 Å². The van der Waals surface area contributed by atoms with Crippen molar-refractivity contribution in [2.75, 3.05) is 26.0 Å². The molecule has 1 atom stereocenters. The first-order valence-electron chi connectivity index (χ1n) is 4.48. The van der Waals surface area contributed by atoms with Crippen molar-refractivity contribution in [2.45, 2.75) is 26.4 Å². The molecule has 2 nitrogen and oxygen atoms in total. The Morgan fingerprint density at radius 3 is 2.42 bits per heavy atom. The Hall–Kier alpha value is 0.210. The number of aliphatic hydroxyl groups excluding tert-OH is 1. The van der Waals surface area contributed by atoms with Gasteiger partial charge in [-0.1, -0.05) is 13.8 Å². The van der Waals surface area contributed by atoms with E-state index in [-0.39, 0.29) is 6.10 Å². The van der Waals surface area contributed by atoms with Gasteiger partial charge in [-0.05, 0) is 25.9 Å². The smallest absolute Gasteiger partial charge is 0.0802 e. The van der Waals surface area contributed by atoms with Gasteiger partial charge in [0.1, 0.15) is 0 Å². The molecule has 0 aromatic heterocycles. The maximum Gasteiger partial charge on any atom is 0.0802 e. The van der Waals surface area contributed by atoms with Gasteiger partial charge in [-0.15, -0.1) is 11.6 Å². The molecule has 3 heteroatoms. The van der Waals surface area contributed by atoms with Gasteiger partial charge in [-0.25, -0.2) is 0 Å². The van der Waals surface area contributed by atoms with Crippen molar-refractivity contribution in [2.24, 2.45) is 5.92 Å². The molecule has 1 unspecified atom stereocenters. The summed E-state index contributed by atoms with van der Waals surface area (Å²) in [5, 5.41) is 9.22. The summed E-state index contributed by atoms with van der Waals surface area (Å²) in [4.78, 5) is 2.12. The maximum atomic E-state index is 9.22. The van der Waals surface area contributed by atoms with Crippen molar-refractivity contribution in [3.63, 3.8) is 0 Å². The van der Waals surface area contributed by atoms with E-state index in [0.717, 1.165) is 12.5 Å². The van der Waals surface area contributed by atoms with Gasteiger partial charge in [0, 0.05) is 12.4 Å². The van der Waals surface area contributed by atoms with Crippen LogP contribution in [0.2, 0.25) is 0 Å². The fourth-order valence-electron chi connectivity index (χ4n) is 0.978. The number of likely N-dealkylation sites (N-methyl/N-ethyl adjacent to an activating group) is 1. The van der Waals surface area contributed by atoms with Crippen molar-refractivity contribution < 1.29 is 5.11 Å². The number of hydrogen-bond acceptors (Lipinski definition) is 2. The average molecular weight is 194 g/mol. The van der Waals surface area contributed by atoms with E-state index in [1.165, 1.54) is 6.42 Å². The fourth-order valence-corrected chi connectivity index (χ4v) is 1.08. The van der Waals surface area contributed by atoms with E-state index < -0.39 is 0 Å². The minimum atomic E-state index is -0.385. The Morgan fingerprint density at radius 1 is 1.42 bits per heavy atom. The number of nitrogens with zero attached hydrogens (tertiary/aromatic N) is 1. The molecule has 0 aliphatic rings. The molecule has 0 aliphatic heterocycles. The van der Waals surface area contributed by atoms with Gasteiger partial charge in [0.25, 0.3) is 0 Å². The molecule has 12 heavy (non-hydrogen) atoms. The molecule has 0 fully saturated rings. The zero-order valence-corrected chi connectivity index (χ0v) is 9.01. The van der Waals surface area contributed by atoms with Crippen LogP contribution in [0.4, 0.5) is 0 Å². The molecule has 0 amide bonds. The highest BCUT2D eigenvalue weighted by Crippen LogP contribution is 2.01. The summed E-state index contributed by atoms with van der Waals surface area (Å²) in [5.74, 6) is 1.05. The first kappa shape index (κ1) is 12.2. The summed E-state index contributed by atoms with van der Waals surface area (Å²) in [6, 6.07) is 0. The molecule has 0 aromatic rings. The number of hydrogen-bond donors (Lipinski definition) is 1. The van der Waals surface area contributed by atoms with Gasteiger partial charge in [0.05, 0.1) is 6.10 Å². The number of aliphatic hydroxyl groups is 1. The summed E-state index contributed by atoms with van der Waals surface area (Å²) in [5.41, 5.74) is 0. The Labute approximate surface area is 80.5 Å². The Balaban J connectivity index is 3.39. The standard InChI is InChI=1S/C9H20ClNO/c1-8(2)4-5-11(3)7-9(12)6-10/h8-9,12H,4-7H2,1-3H3. The van der Waals surface area contributed by atoms with Crippen LogP contribution in [0, 0.1) is 5.92 Å². The molecule has 0 rings (SSSR count). The highest BCUT2D eigenvalue weighted by molar-refractivity contribution is 6.18. The van der Waals surface area contributed by atoms with Crippen LogP contribution in [0.3, 0.4) is 0 Å². The summed E-state index contributed by atoms with van der Waals surface area (Å²) in [7, 11) is 2.01. The van der Waals surface area contributed by atoms with Crippen molar-refractivity contribution in [1.29, 1.82) is 0 Å². The summed E-state index contributed by atoms with van der Waals surface area (Å²) < 4.78 is 0. The van der Waals surface area contributed by atoms with Crippen molar-refractivity contribution in [3.8, 4) is 0 Å². The molecule has 0 aromatic carbocycles. The molecule has 0 spiro atoms. The second-order valence-corrected chi connectivity index (χ2v) is 4.06. The summed E-state index contributed by atoms with van der Waals surface area (Å²) in [6.45, 7) is 6.11. The van der Waals surface area contributed by atoms with E-state index in [1.807, 2.05) is 7.05 Å². The van der Waals surface area contributed by atoms with Crippen LogP contribution in [0.1, 0.15) is 20.3 Å². The maximum absolute atomic E-state index is 9.22. The first-order chi connectivity index (χ1) is 5.56. The second kappa shape index (κ2) is 6.70. The first-order valence-corrected chi connectivity index (χ1v) is 5.02. The number of rotatable bonds is 6. The Kier molecular flexibility index (Phi) is 6.81. The number of halogens is 1. The van der Waals surface area contributed by atoms with Crippen LogP contribution >= 0.6 is 11.6 Å². The van der Waals surface area contributed by atoms with Crippen LogP contribution in [0.5, 0.6) is 0 Å². The normalized spacial score (nSPS) is 14.2. The Morgan fingerprint density at radius 2 is 2.00 bits per heavy atom. The lowest BCUT2D eigenvalue weighted by Gasteiger charge is -2.19. The third kappa shape index (κ3) is 6.89. The average Bonchev–Trinajstić information content (AvgIpc) is 2.00. The summed E-state index contributed by atoms with van der Waals surface area (Å²) >= 11 is 5.48. The third-order valence-corrected chi connectivity index (χ3v) is 2.14. The van der Waals surface area contributed by atoms with Crippen molar-refractivity contribution >= 4 is 11.6 Å². The van der Waals surface area contributed by atoms with Crippen LogP contribution in [0.25, 0.3) is 0 Å². The highest BCUT2D eigenvalue weighted by atomic mass is 35.5. The van der Waals surface area contributed by atoms with E-state index in [9.17, 15) is 5.11 Å². The quantitative estimate of drug-likeness (QED) is 0.648. The molecule has 0 radical (unpaired) electrons. The lowest BCUT2D eigenvalue weighted by atomic mass is 10.1. The molecule has 0 bridgehead atoms. The molecular weight excluding hydrogens is 174 g/mol. The van der Waals surface area contributed by atoms with Crippen LogP contribution in [-0.4, -0.2) is 42.1 Å². The second-order valence-electron chi connectivity index (χ2n) is 3.75. The molecule has 74 valence electrons. The van der Waals surface area contributed by atoms with Gasteiger partial charge in [-0.2, -0.15) is 0 Å². The third-order valence-electron chi connectivity index (χ3n) is 1.79. The largest absolute Gasteiger partial charge is 0.391 e. The molecule has 0 aliphatic carbocycles. The zero-order valence-electron chi connectivity index (χ0n) is 8.26. The van der Waals surface area contributed by atoms with Gasteiger partial charge in [0.2, 0.25) is 0 Å². The predicted molar refractivity (Wildman–Crippen MR) is 53.7 cm³/mol. The zero-order chi connectivity index (χ0) is 9.56. The predicted octanol–water partition coefficient (Wildman–Crippen LogP) is 1.56. The van der Waals surface area contributed by atoms with E-state index in [0.29, 0.717) is 12.4 Å². The highest BCUT2D eigenvalue weighted by Gasteiger charge is 2.06. The van der Waals surface area contributed by atoms with Crippen molar-refractivity contribution in [1.82, 2.24) is 4.90 Å². The van der Waals surface area contributed by atoms with Crippen LogP contribution in [0.15, 0.2) is 0 Å². The lowest BCUT2D eigenvalue weighted by molar-refractivity contribution is 0.141. The Bertz CT molecular complexity index is 109. The molecule has 0 heterocycles. The number of alkyl halides is 1. The van der Waals surface area contributed by atoms with Crippen LogP contribution < -0.4 is 0 Å².